The van der Waals surface area contributed by atoms with E-state index in [1.807, 2.05) is 11.9 Å². The molecule has 1 aromatic heterocycles. The van der Waals surface area contributed by atoms with Gasteiger partial charge in [-0.15, -0.1) is 0 Å². The Balaban J connectivity index is 1.63. The molecule has 0 spiro atoms. The molecule has 4 rings (SSSR count). The van der Waals surface area contributed by atoms with Crippen molar-refractivity contribution < 1.29 is 4.79 Å². The zero-order chi connectivity index (χ0) is 16.7. The van der Waals surface area contributed by atoms with E-state index in [9.17, 15) is 4.79 Å². The van der Waals surface area contributed by atoms with Crippen LogP contribution >= 0.6 is 0 Å². The lowest BCUT2D eigenvalue weighted by atomic mass is 10.0. The molecule has 6 nitrogen and oxygen atoms in total. The first-order valence-electron chi connectivity index (χ1n) is 9.22. The smallest absolute Gasteiger partial charge is 0.220 e. The minimum Gasteiger partial charge on any atom is -0.373 e. The number of rotatable bonds is 4. The summed E-state index contributed by atoms with van der Waals surface area (Å²) in [6.07, 6.45) is 5.78. The van der Waals surface area contributed by atoms with Crippen molar-refractivity contribution >= 4 is 11.7 Å². The molecule has 0 unspecified atom stereocenters. The summed E-state index contributed by atoms with van der Waals surface area (Å²) < 4.78 is 0. The highest BCUT2D eigenvalue weighted by atomic mass is 16.2. The molecule has 6 heteroatoms. The average Bonchev–Trinajstić information content (AvgIpc) is 3.24. The predicted octanol–water partition coefficient (Wildman–Crippen LogP) is 1.97. The Morgan fingerprint density at radius 1 is 1.25 bits per heavy atom. The van der Waals surface area contributed by atoms with Gasteiger partial charge in [0.15, 0.2) is 5.82 Å². The first-order chi connectivity index (χ1) is 11.7. The number of anilines is 1. The van der Waals surface area contributed by atoms with Crippen molar-refractivity contribution in [1.82, 2.24) is 19.8 Å². The molecular formula is C18H27N5O. The summed E-state index contributed by atoms with van der Waals surface area (Å²) in [6.45, 7) is 5.69. The maximum absolute atomic E-state index is 11.9. The van der Waals surface area contributed by atoms with Crippen molar-refractivity contribution in [2.45, 2.75) is 51.6 Å². The van der Waals surface area contributed by atoms with Crippen LogP contribution in [0.4, 0.5) is 5.82 Å². The van der Waals surface area contributed by atoms with Crippen LogP contribution in [-0.4, -0.2) is 52.4 Å². The SMILES string of the molecule is CNc1nc([C@H]2CCCN2C(C)=O)nc2c1CCN(CC1CC1)C2. The van der Waals surface area contributed by atoms with Crippen LogP contribution in [0, 0.1) is 5.92 Å². The van der Waals surface area contributed by atoms with E-state index in [2.05, 4.69) is 10.2 Å². The van der Waals surface area contributed by atoms with E-state index in [4.69, 9.17) is 9.97 Å². The Morgan fingerprint density at radius 2 is 2.08 bits per heavy atom. The van der Waals surface area contributed by atoms with Gasteiger partial charge in [-0.1, -0.05) is 0 Å². The molecule has 2 fully saturated rings. The number of carbonyl (C=O) groups is 1. The minimum absolute atomic E-state index is 0.0405. The third-order valence-corrected chi connectivity index (χ3v) is 5.57. The summed E-state index contributed by atoms with van der Waals surface area (Å²) in [5.74, 6) is 2.80. The molecule has 1 saturated heterocycles. The maximum atomic E-state index is 11.9. The number of nitrogens with zero attached hydrogens (tertiary/aromatic N) is 4. The van der Waals surface area contributed by atoms with Gasteiger partial charge in [0.05, 0.1) is 11.7 Å². The third-order valence-electron chi connectivity index (χ3n) is 5.57. The molecule has 1 N–H and O–H groups in total. The molecule has 1 aromatic rings. The van der Waals surface area contributed by atoms with Gasteiger partial charge in [-0.05, 0) is 38.0 Å². The summed E-state index contributed by atoms with van der Waals surface area (Å²) in [7, 11) is 1.93. The Morgan fingerprint density at radius 3 is 2.79 bits per heavy atom. The van der Waals surface area contributed by atoms with Crippen LogP contribution in [0.3, 0.4) is 0 Å². The van der Waals surface area contributed by atoms with E-state index in [1.165, 1.54) is 24.9 Å². The monoisotopic (exact) mass is 329 g/mol. The van der Waals surface area contributed by atoms with Gasteiger partial charge in [0.1, 0.15) is 5.82 Å². The summed E-state index contributed by atoms with van der Waals surface area (Å²) >= 11 is 0. The predicted molar refractivity (Wildman–Crippen MR) is 92.6 cm³/mol. The molecule has 130 valence electrons. The zero-order valence-corrected chi connectivity index (χ0v) is 14.7. The Labute approximate surface area is 143 Å². The first-order valence-corrected chi connectivity index (χ1v) is 9.22. The lowest BCUT2D eigenvalue weighted by Gasteiger charge is -2.30. The Kier molecular flexibility index (Phi) is 4.16. The molecule has 24 heavy (non-hydrogen) atoms. The lowest BCUT2D eigenvalue weighted by molar-refractivity contribution is -0.129. The fraction of sp³-hybridized carbons (Fsp3) is 0.722. The van der Waals surface area contributed by atoms with E-state index >= 15 is 0 Å². The second-order valence-corrected chi connectivity index (χ2v) is 7.40. The highest BCUT2D eigenvalue weighted by Gasteiger charge is 2.33. The molecule has 1 atom stereocenters. The summed E-state index contributed by atoms with van der Waals surface area (Å²) in [5.41, 5.74) is 2.42. The lowest BCUT2D eigenvalue weighted by Crippen LogP contribution is -2.35. The van der Waals surface area contributed by atoms with Crippen molar-refractivity contribution in [2.75, 3.05) is 32.0 Å². The van der Waals surface area contributed by atoms with Crippen LogP contribution in [0.15, 0.2) is 0 Å². The number of amides is 1. The molecule has 2 aliphatic heterocycles. The van der Waals surface area contributed by atoms with Crippen molar-refractivity contribution in [3.8, 4) is 0 Å². The van der Waals surface area contributed by atoms with Gasteiger partial charge in [-0.3, -0.25) is 9.69 Å². The molecule has 0 aromatic carbocycles. The molecular weight excluding hydrogens is 302 g/mol. The van der Waals surface area contributed by atoms with Gasteiger partial charge in [0.25, 0.3) is 0 Å². The molecule has 3 aliphatic rings. The number of carbonyl (C=O) groups excluding carboxylic acids is 1. The molecule has 0 bridgehead atoms. The van der Waals surface area contributed by atoms with Crippen LogP contribution in [0.1, 0.15) is 55.7 Å². The largest absolute Gasteiger partial charge is 0.373 e. The normalized spacial score (nSPS) is 24.1. The van der Waals surface area contributed by atoms with E-state index in [0.717, 1.165) is 62.2 Å². The number of nitrogens with one attached hydrogen (secondary N) is 1. The quantitative estimate of drug-likeness (QED) is 0.915. The van der Waals surface area contributed by atoms with Crippen molar-refractivity contribution in [3.63, 3.8) is 0 Å². The number of fused-ring (bicyclic) bond motifs is 1. The van der Waals surface area contributed by atoms with E-state index < -0.39 is 0 Å². The molecule has 1 saturated carbocycles. The second kappa shape index (κ2) is 6.31. The maximum Gasteiger partial charge on any atom is 0.220 e. The average molecular weight is 329 g/mol. The van der Waals surface area contributed by atoms with Crippen LogP contribution < -0.4 is 5.32 Å². The van der Waals surface area contributed by atoms with Crippen LogP contribution in [0.2, 0.25) is 0 Å². The molecule has 0 radical (unpaired) electrons. The standard InChI is InChI=1S/C18H27N5O/c1-12(24)23-8-3-4-16(23)18-20-15-11-22(10-13-5-6-13)9-7-14(15)17(19-2)21-18/h13,16H,3-11H2,1-2H3,(H,19,20,21)/t16-/m1/s1. The minimum atomic E-state index is 0.0405. The van der Waals surface area contributed by atoms with E-state index in [-0.39, 0.29) is 11.9 Å². The number of aromatic nitrogens is 2. The topological polar surface area (TPSA) is 61.4 Å². The van der Waals surface area contributed by atoms with Gasteiger partial charge in [-0.25, -0.2) is 9.97 Å². The van der Waals surface area contributed by atoms with Gasteiger partial charge >= 0.3 is 0 Å². The van der Waals surface area contributed by atoms with Gasteiger partial charge in [0.2, 0.25) is 5.91 Å². The molecule has 3 heterocycles. The summed E-state index contributed by atoms with van der Waals surface area (Å²) in [4.78, 5) is 26.1. The van der Waals surface area contributed by atoms with E-state index in [0.29, 0.717) is 0 Å². The zero-order valence-electron chi connectivity index (χ0n) is 14.7. The molecule has 1 amide bonds. The van der Waals surface area contributed by atoms with Gasteiger partial charge in [-0.2, -0.15) is 0 Å². The second-order valence-electron chi connectivity index (χ2n) is 7.40. The van der Waals surface area contributed by atoms with Crippen LogP contribution in [-0.2, 0) is 17.8 Å². The van der Waals surface area contributed by atoms with E-state index in [1.54, 1.807) is 6.92 Å². The van der Waals surface area contributed by atoms with Crippen LogP contribution in [0.25, 0.3) is 0 Å². The fourth-order valence-corrected chi connectivity index (χ4v) is 4.09. The van der Waals surface area contributed by atoms with Gasteiger partial charge < -0.3 is 10.2 Å². The summed E-state index contributed by atoms with van der Waals surface area (Å²) in [5, 5.41) is 3.26. The fourth-order valence-electron chi connectivity index (χ4n) is 4.09. The molecule has 1 aliphatic carbocycles. The Hall–Kier alpha value is -1.69. The van der Waals surface area contributed by atoms with Crippen molar-refractivity contribution in [3.05, 3.63) is 17.1 Å². The van der Waals surface area contributed by atoms with Gasteiger partial charge in [0, 0.05) is 45.7 Å². The number of likely N-dealkylation sites (tertiary alicyclic amines) is 1. The third kappa shape index (κ3) is 2.99. The summed E-state index contributed by atoms with van der Waals surface area (Å²) in [6, 6.07) is 0.0405. The Bertz CT molecular complexity index is 643. The van der Waals surface area contributed by atoms with Crippen molar-refractivity contribution in [2.24, 2.45) is 5.92 Å². The van der Waals surface area contributed by atoms with Crippen molar-refractivity contribution in [1.29, 1.82) is 0 Å². The highest BCUT2D eigenvalue weighted by molar-refractivity contribution is 5.74. The highest BCUT2D eigenvalue weighted by Crippen LogP contribution is 2.34. The first kappa shape index (κ1) is 15.8. The number of hydrogen-bond acceptors (Lipinski definition) is 5. The van der Waals surface area contributed by atoms with Crippen LogP contribution in [0.5, 0.6) is 0 Å². The number of hydrogen-bond donors (Lipinski definition) is 1.